The summed E-state index contributed by atoms with van der Waals surface area (Å²) < 4.78 is 4.98. The molecular formula is C16H24N2O2S. The van der Waals surface area contributed by atoms with Crippen molar-refractivity contribution in [1.82, 2.24) is 5.32 Å². The Balaban J connectivity index is 1.96. The first-order valence-electron chi connectivity index (χ1n) is 7.77. The van der Waals surface area contributed by atoms with Crippen LogP contribution in [0.1, 0.15) is 47.3 Å². The zero-order chi connectivity index (χ0) is 15.0. The highest BCUT2D eigenvalue weighted by atomic mass is 32.1. The normalized spacial score (nSPS) is 28.5. The summed E-state index contributed by atoms with van der Waals surface area (Å²) in [6.45, 7) is 2.11. The number of carbonyl (C=O) groups excluding carboxylic acids is 1. The number of aryl methyl sites for hydroxylation is 1. The smallest absolute Gasteiger partial charge is 0.350 e. The molecule has 0 spiro atoms. The molecule has 4 nitrogen and oxygen atoms in total. The number of nitrogens with zero attached hydrogens (tertiary/aromatic N) is 1. The van der Waals surface area contributed by atoms with Gasteiger partial charge in [0.15, 0.2) is 0 Å². The second-order valence-corrected chi connectivity index (χ2v) is 7.07. The predicted molar refractivity (Wildman–Crippen MR) is 86.4 cm³/mol. The molecular weight excluding hydrogens is 284 g/mol. The van der Waals surface area contributed by atoms with E-state index in [1.807, 2.05) is 0 Å². The molecule has 2 saturated heterocycles. The average Bonchev–Trinajstić information content (AvgIpc) is 2.86. The van der Waals surface area contributed by atoms with E-state index >= 15 is 0 Å². The fourth-order valence-corrected chi connectivity index (χ4v) is 4.94. The Hall–Kier alpha value is -1.07. The van der Waals surface area contributed by atoms with Crippen LogP contribution in [0.3, 0.4) is 0 Å². The number of fused-ring (bicyclic) bond motifs is 2. The van der Waals surface area contributed by atoms with E-state index in [2.05, 4.69) is 29.6 Å². The van der Waals surface area contributed by atoms with Gasteiger partial charge in [-0.05, 0) is 57.0 Å². The number of hydrogen-bond donors (Lipinski definition) is 1. The molecule has 0 amide bonds. The number of hydrogen-bond acceptors (Lipinski definition) is 5. The first kappa shape index (κ1) is 14.9. The molecule has 2 atom stereocenters. The summed E-state index contributed by atoms with van der Waals surface area (Å²) in [4.78, 5) is 15.4. The SMILES string of the molecule is CNC1CC2CCCC(C1)N2c1c(C)csc1C(=O)OC. The van der Waals surface area contributed by atoms with Crippen LogP contribution >= 0.6 is 11.3 Å². The fourth-order valence-electron chi connectivity index (χ4n) is 3.98. The Morgan fingerprint density at radius 2 is 2.05 bits per heavy atom. The van der Waals surface area contributed by atoms with E-state index in [0.717, 1.165) is 10.6 Å². The predicted octanol–water partition coefficient (Wildman–Crippen LogP) is 2.95. The number of thiophene rings is 1. The molecule has 3 rings (SSSR count). The van der Waals surface area contributed by atoms with E-state index in [9.17, 15) is 4.79 Å². The summed E-state index contributed by atoms with van der Waals surface area (Å²) in [7, 11) is 3.53. The number of esters is 1. The highest BCUT2D eigenvalue weighted by molar-refractivity contribution is 7.12. The van der Waals surface area contributed by atoms with Crippen molar-refractivity contribution in [1.29, 1.82) is 0 Å². The zero-order valence-electron chi connectivity index (χ0n) is 13.0. The maximum Gasteiger partial charge on any atom is 0.350 e. The van der Waals surface area contributed by atoms with Gasteiger partial charge in [-0.1, -0.05) is 0 Å². The van der Waals surface area contributed by atoms with E-state index in [4.69, 9.17) is 4.74 Å². The molecule has 0 aliphatic carbocycles. The van der Waals surface area contributed by atoms with Crippen LogP contribution in [0.25, 0.3) is 0 Å². The molecule has 2 aliphatic rings. The number of nitrogens with one attached hydrogen (secondary N) is 1. The van der Waals surface area contributed by atoms with Crippen molar-refractivity contribution in [2.45, 2.75) is 57.2 Å². The summed E-state index contributed by atoms with van der Waals surface area (Å²) in [5.41, 5.74) is 2.34. The molecule has 1 N–H and O–H groups in total. The Kier molecular flexibility index (Phi) is 4.22. The average molecular weight is 308 g/mol. The number of anilines is 1. The third kappa shape index (κ3) is 2.57. The van der Waals surface area contributed by atoms with Gasteiger partial charge in [-0.25, -0.2) is 4.79 Å². The Morgan fingerprint density at radius 3 is 2.62 bits per heavy atom. The van der Waals surface area contributed by atoms with Crippen molar-refractivity contribution in [2.24, 2.45) is 0 Å². The van der Waals surface area contributed by atoms with Gasteiger partial charge in [0.2, 0.25) is 0 Å². The van der Waals surface area contributed by atoms with Crippen molar-refractivity contribution < 1.29 is 9.53 Å². The molecule has 5 heteroatoms. The lowest BCUT2D eigenvalue weighted by Crippen LogP contribution is -2.56. The number of ether oxygens (including phenoxy) is 1. The molecule has 0 saturated carbocycles. The Labute approximate surface area is 130 Å². The first-order chi connectivity index (χ1) is 10.2. The van der Waals surface area contributed by atoms with Gasteiger partial charge < -0.3 is 15.0 Å². The van der Waals surface area contributed by atoms with E-state index in [-0.39, 0.29) is 5.97 Å². The van der Waals surface area contributed by atoms with Gasteiger partial charge in [0.1, 0.15) is 4.88 Å². The molecule has 2 aliphatic heterocycles. The Bertz CT molecular complexity index is 514. The van der Waals surface area contributed by atoms with E-state index in [1.54, 1.807) is 0 Å². The van der Waals surface area contributed by atoms with Crippen LogP contribution in [-0.4, -0.2) is 38.3 Å². The van der Waals surface area contributed by atoms with Crippen LogP contribution in [0.15, 0.2) is 5.38 Å². The van der Waals surface area contributed by atoms with Crippen molar-refractivity contribution >= 4 is 23.0 Å². The maximum atomic E-state index is 12.1. The standard InChI is InChI=1S/C16H24N2O2S/c1-10-9-21-15(16(19)20-3)14(10)18-12-5-4-6-13(18)8-11(7-12)17-2/h9,11-13,17H,4-8H2,1-3H3. The lowest BCUT2D eigenvalue weighted by atomic mass is 9.81. The fraction of sp³-hybridized carbons (Fsp3) is 0.688. The van der Waals surface area contributed by atoms with E-state index < -0.39 is 0 Å². The minimum Gasteiger partial charge on any atom is -0.465 e. The van der Waals surface area contributed by atoms with Gasteiger partial charge in [-0.15, -0.1) is 11.3 Å². The highest BCUT2D eigenvalue weighted by Gasteiger charge is 2.40. The molecule has 0 aromatic carbocycles. The molecule has 2 fully saturated rings. The van der Waals surface area contributed by atoms with Crippen LogP contribution in [-0.2, 0) is 4.74 Å². The van der Waals surface area contributed by atoms with Gasteiger partial charge >= 0.3 is 5.97 Å². The van der Waals surface area contributed by atoms with Crippen molar-refractivity contribution in [3.8, 4) is 0 Å². The lowest BCUT2D eigenvalue weighted by Gasteiger charge is -2.50. The lowest BCUT2D eigenvalue weighted by molar-refractivity contribution is 0.0606. The second-order valence-electron chi connectivity index (χ2n) is 6.19. The molecule has 21 heavy (non-hydrogen) atoms. The van der Waals surface area contributed by atoms with Crippen LogP contribution in [0.5, 0.6) is 0 Å². The minimum absolute atomic E-state index is 0.197. The summed E-state index contributed by atoms with van der Waals surface area (Å²) in [5.74, 6) is -0.197. The molecule has 2 unspecified atom stereocenters. The van der Waals surface area contributed by atoms with E-state index in [0.29, 0.717) is 18.1 Å². The first-order valence-corrected chi connectivity index (χ1v) is 8.65. The van der Waals surface area contributed by atoms with Gasteiger partial charge in [0.05, 0.1) is 12.8 Å². The van der Waals surface area contributed by atoms with Crippen LogP contribution in [0.4, 0.5) is 5.69 Å². The van der Waals surface area contributed by atoms with Crippen molar-refractivity contribution in [3.63, 3.8) is 0 Å². The highest BCUT2D eigenvalue weighted by Crippen LogP contribution is 2.42. The molecule has 1 aromatic heterocycles. The molecule has 0 radical (unpaired) electrons. The van der Waals surface area contributed by atoms with Gasteiger partial charge in [-0.3, -0.25) is 0 Å². The number of rotatable bonds is 3. The number of methoxy groups -OCH3 is 1. The number of carbonyl (C=O) groups is 1. The van der Waals surface area contributed by atoms with Crippen LogP contribution < -0.4 is 10.2 Å². The maximum absolute atomic E-state index is 12.1. The number of piperidine rings is 2. The largest absolute Gasteiger partial charge is 0.465 e. The minimum atomic E-state index is -0.197. The molecule has 2 bridgehead atoms. The monoisotopic (exact) mass is 308 g/mol. The summed E-state index contributed by atoms with van der Waals surface area (Å²) >= 11 is 1.52. The summed E-state index contributed by atoms with van der Waals surface area (Å²) in [6.07, 6.45) is 6.10. The van der Waals surface area contributed by atoms with Crippen molar-refractivity contribution in [2.75, 3.05) is 19.1 Å². The van der Waals surface area contributed by atoms with Gasteiger partial charge in [0.25, 0.3) is 0 Å². The second kappa shape index (κ2) is 5.97. The topological polar surface area (TPSA) is 41.6 Å². The van der Waals surface area contributed by atoms with Gasteiger partial charge in [0, 0.05) is 18.1 Å². The van der Waals surface area contributed by atoms with Gasteiger partial charge in [-0.2, -0.15) is 0 Å². The van der Waals surface area contributed by atoms with Crippen LogP contribution in [0.2, 0.25) is 0 Å². The van der Waals surface area contributed by atoms with Crippen molar-refractivity contribution in [3.05, 3.63) is 15.8 Å². The third-order valence-electron chi connectivity index (χ3n) is 4.95. The third-order valence-corrected chi connectivity index (χ3v) is 6.02. The molecule has 1 aromatic rings. The summed E-state index contributed by atoms with van der Waals surface area (Å²) in [5, 5.41) is 5.53. The van der Waals surface area contributed by atoms with E-state index in [1.165, 1.54) is 56.1 Å². The zero-order valence-corrected chi connectivity index (χ0v) is 13.8. The Morgan fingerprint density at radius 1 is 1.38 bits per heavy atom. The quantitative estimate of drug-likeness (QED) is 0.872. The molecule has 3 heterocycles. The molecule has 116 valence electrons. The van der Waals surface area contributed by atoms with Crippen LogP contribution in [0, 0.1) is 6.92 Å². The summed E-state index contributed by atoms with van der Waals surface area (Å²) in [6, 6.07) is 1.70.